The van der Waals surface area contributed by atoms with Crippen molar-refractivity contribution in [2.45, 2.75) is 58.5 Å². The molecule has 0 saturated heterocycles. The summed E-state index contributed by atoms with van der Waals surface area (Å²) in [5.74, 6) is 1.52. The zero-order chi connectivity index (χ0) is 11.3. The van der Waals surface area contributed by atoms with E-state index in [2.05, 4.69) is 26.1 Å². The Morgan fingerprint density at radius 2 is 2.00 bits per heavy atom. The van der Waals surface area contributed by atoms with Gasteiger partial charge in [0.2, 0.25) is 0 Å². The number of rotatable bonds is 5. The topological polar surface area (TPSA) is 32.3 Å². The Hall–Kier alpha value is -0.0800. The highest BCUT2D eigenvalue weighted by Gasteiger charge is 2.31. The van der Waals surface area contributed by atoms with Gasteiger partial charge in [0.1, 0.15) is 0 Å². The summed E-state index contributed by atoms with van der Waals surface area (Å²) in [5, 5.41) is 13.7. The Morgan fingerprint density at radius 3 is 2.53 bits per heavy atom. The van der Waals surface area contributed by atoms with Gasteiger partial charge in [-0.1, -0.05) is 27.2 Å². The van der Waals surface area contributed by atoms with Crippen LogP contribution in [0.15, 0.2) is 0 Å². The first kappa shape index (κ1) is 13.0. The molecule has 2 heteroatoms. The standard InChI is InChI=1S/C13H27NO/c1-4-11(2)9-14-10-13(15)7-5-12(3)6-8-13/h11-12,14-15H,4-10H2,1-3H3. The van der Waals surface area contributed by atoms with Crippen molar-refractivity contribution in [3.05, 3.63) is 0 Å². The van der Waals surface area contributed by atoms with E-state index in [0.717, 1.165) is 37.8 Å². The molecule has 1 aliphatic rings. The van der Waals surface area contributed by atoms with Crippen LogP contribution in [0, 0.1) is 11.8 Å². The highest BCUT2D eigenvalue weighted by Crippen LogP contribution is 2.31. The number of aliphatic hydroxyl groups is 1. The Morgan fingerprint density at radius 1 is 1.40 bits per heavy atom. The predicted octanol–water partition coefficient (Wildman–Crippen LogP) is 2.56. The Kier molecular flexibility index (Phi) is 5.07. The number of hydrogen-bond acceptors (Lipinski definition) is 2. The van der Waals surface area contributed by atoms with E-state index in [1.165, 1.54) is 19.3 Å². The lowest BCUT2D eigenvalue weighted by Crippen LogP contribution is -2.44. The van der Waals surface area contributed by atoms with Gasteiger partial charge in [-0.05, 0) is 44.1 Å². The summed E-state index contributed by atoms with van der Waals surface area (Å²) in [6, 6.07) is 0. The molecule has 1 fully saturated rings. The molecule has 1 atom stereocenters. The van der Waals surface area contributed by atoms with E-state index < -0.39 is 5.60 Å². The van der Waals surface area contributed by atoms with Crippen molar-refractivity contribution in [3.8, 4) is 0 Å². The van der Waals surface area contributed by atoms with Crippen LogP contribution in [0.25, 0.3) is 0 Å². The zero-order valence-electron chi connectivity index (χ0n) is 10.6. The van der Waals surface area contributed by atoms with Gasteiger partial charge in [-0.25, -0.2) is 0 Å². The zero-order valence-corrected chi connectivity index (χ0v) is 10.6. The van der Waals surface area contributed by atoms with E-state index in [1.807, 2.05) is 0 Å². The number of nitrogens with one attached hydrogen (secondary N) is 1. The molecule has 1 aliphatic carbocycles. The van der Waals surface area contributed by atoms with E-state index in [0.29, 0.717) is 0 Å². The van der Waals surface area contributed by atoms with E-state index >= 15 is 0 Å². The average Bonchev–Trinajstić information content (AvgIpc) is 2.23. The van der Waals surface area contributed by atoms with Crippen molar-refractivity contribution in [3.63, 3.8) is 0 Å². The molecular weight excluding hydrogens is 186 g/mol. The van der Waals surface area contributed by atoms with Crippen LogP contribution in [0.4, 0.5) is 0 Å². The fourth-order valence-electron chi connectivity index (χ4n) is 2.17. The predicted molar refractivity (Wildman–Crippen MR) is 64.9 cm³/mol. The first-order valence-corrected chi connectivity index (χ1v) is 6.49. The van der Waals surface area contributed by atoms with Gasteiger partial charge in [0.15, 0.2) is 0 Å². The van der Waals surface area contributed by atoms with Gasteiger partial charge in [0.25, 0.3) is 0 Å². The molecule has 2 nitrogen and oxygen atoms in total. The van der Waals surface area contributed by atoms with Crippen molar-refractivity contribution >= 4 is 0 Å². The van der Waals surface area contributed by atoms with Crippen molar-refractivity contribution in [1.82, 2.24) is 5.32 Å². The molecule has 0 bridgehead atoms. The second-order valence-electron chi connectivity index (χ2n) is 5.55. The van der Waals surface area contributed by atoms with Gasteiger partial charge in [-0.15, -0.1) is 0 Å². The van der Waals surface area contributed by atoms with Gasteiger partial charge in [-0.3, -0.25) is 0 Å². The van der Waals surface area contributed by atoms with Crippen LogP contribution in [-0.2, 0) is 0 Å². The maximum Gasteiger partial charge on any atom is 0.0771 e. The highest BCUT2D eigenvalue weighted by atomic mass is 16.3. The molecule has 0 aromatic carbocycles. The van der Waals surface area contributed by atoms with E-state index in [-0.39, 0.29) is 0 Å². The van der Waals surface area contributed by atoms with E-state index in [4.69, 9.17) is 0 Å². The molecule has 0 aromatic heterocycles. The maximum atomic E-state index is 10.3. The van der Waals surface area contributed by atoms with Crippen LogP contribution in [0.5, 0.6) is 0 Å². The van der Waals surface area contributed by atoms with Crippen LogP contribution in [0.1, 0.15) is 52.9 Å². The monoisotopic (exact) mass is 213 g/mol. The van der Waals surface area contributed by atoms with E-state index in [9.17, 15) is 5.11 Å². The van der Waals surface area contributed by atoms with Crippen molar-refractivity contribution in [2.24, 2.45) is 11.8 Å². The first-order chi connectivity index (χ1) is 7.06. The molecule has 0 heterocycles. The molecule has 0 radical (unpaired) electrons. The largest absolute Gasteiger partial charge is 0.389 e. The van der Waals surface area contributed by atoms with Crippen LogP contribution in [-0.4, -0.2) is 23.8 Å². The lowest BCUT2D eigenvalue weighted by atomic mass is 9.79. The molecule has 1 saturated carbocycles. The fraction of sp³-hybridized carbons (Fsp3) is 1.00. The minimum atomic E-state index is -0.417. The smallest absolute Gasteiger partial charge is 0.0771 e. The second-order valence-corrected chi connectivity index (χ2v) is 5.55. The second kappa shape index (κ2) is 5.86. The van der Waals surface area contributed by atoms with Crippen LogP contribution < -0.4 is 5.32 Å². The molecule has 15 heavy (non-hydrogen) atoms. The summed E-state index contributed by atoms with van der Waals surface area (Å²) in [7, 11) is 0. The van der Waals surface area contributed by atoms with Crippen molar-refractivity contribution in [1.29, 1.82) is 0 Å². The van der Waals surface area contributed by atoms with E-state index in [1.54, 1.807) is 0 Å². The summed E-state index contributed by atoms with van der Waals surface area (Å²) >= 11 is 0. The van der Waals surface area contributed by atoms with Crippen LogP contribution in [0.3, 0.4) is 0 Å². The normalized spacial score (nSPS) is 34.0. The molecular formula is C13H27NO. The Balaban J connectivity index is 2.19. The minimum absolute atomic E-state index is 0.417. The quantitative estimate of drug-likeness (QED) is 0.735. The third kappa shape index (κ3) is 4.52. The summed E-state index contributed by atoms with van der Waals surface area (Å²) in [6.07, 6.45) is 5.52. The average molecular weight is 213 g/mol. The molecule has 0 aliphatic heterocycles. The van der Waals surface area contributed by atoms with Gasteiger partial charge in [-0.2, -0.15) is 0 Å². The molecule has 0 amide bonds. The third-order valence-electron chi connectivity index (χ3n) is 3.85. The molecule has 1 rings (SSSR count). The first-order valence-electron chi connectivity index (χ1n) is 6.49. The Labute approximate surface area is 94.5 Å². The van der Waals surface area contributed by atoms with Gasteiger partial charge in [0, 0.05) is 6.54 Å². The lowest BCUT2D eigenvalue weighted by molar-refractivity contribution is -0.00650. The third-order valence-corrected chi connectivity index (χ3v) is 3.85. The van der Waals surface area contributed by atoms with Crippen LogP contribution in [0.2, 0.25) is 0 Å². The van der Waals surface area contributed by atoms with Gasteiger partial charge >= 0.3 is 0 Å². The summed E-state index contributed by atoms with van der Waals surface area (Å²) in [4.78, 5) is 0. The molecule has 1 unspecified atom stereocenters. The summed E-state index contributed by atoms with van der Waals surface area (Å²) < 4.78 is 0. The minimum Gasteiger partial charge on any atom is -0.389 e. The van der Waals surface area contributed by atoms with Crippen molar-refractivity contribution < 1.29 is 5.11 Å². The summed E-state index contributed by atoms with van der Waals surface area (Å²) in [6.45, 7) is 8.56. The lowest BCUT2D eigenvalue weighted by Gasteiger charge is -2.35. The molecule has 90 valence electrons. The van der Waals surface area contributed by atoms with Gasteiger partial charge in [0.05, 0.1) is 5.60 Å². The van der Waals surface area contributed by atoms with Crippen LogP contribution >= 0.6 is 0 Å². The molecule has 2 N–H and O–H groups in total. The summed E-state index contributed by atoms with van der Waals surface area (Å²) in [5.41, 5.74) is -0.417. The van der Waals surface area contributed by atoms with Crippen molar-refractivity contribution in [2.75, 3.05) is 13.1 Å². The van der Waals surface area contributed by atoms with Gasteiger partial charge < -0.3 is 10.4 Å². The molecule has 0 spiro atoms. The maximum absolute atomic E-state index is 10.3. The fourth-order valence-corrected chi connectivity index (χ4v) is 2.17. The highest BCUT2D eigenvalue weighted by molar-refractivity contribution is 4.86. The Bertz CT molecular complexity index is 173. The SMILES string of the molecule is CCC(C)CNCC1(O)CCC(C)CC1. The number of hydrogen-bond donors (Lipinski definition) is 2. The molecule has 0 aromatic rings.